The van der Waals surface area contributed by atoms with Gasteiger partial charge in [-0.3, -0.25) is 14.9 Å². The Kier molecular flexibility index (Phi) is 5.91. The number of para-hydroxylation sites is 2. The summed E-state index contributed by atoms with van der Waals surface area (Å²) in [4.78, 5) is 21.9. The second-order valence-electron chi connectivity index (χ2n) is 4.94. The molecule has 0 aliphatic heterocycles. The Morgan fingerprint density at radius 3 is 2.71 bits per heavy atom. The fourth-order valence-electron chi connectivity index (χ4n) is 2.04. The molecule has 2 aromatic rings. The summed E-state index contributed by atoms with van der Waals surface area (Å²) in [6, 6.07) is 8.63. The van der Waals surface area contributed by atoms with Crippen molar-refractivity contribution in [1.82, 2.24) is 0 Å². The molecule has 1 heterocycles. The summed E-state index contributed by atoms with van der Waals surface area (Å²) < 4.78 is 15.8. The molecule has 0 spiro atoms. The topological polar surface area (TPSA) is 118 Å². The molecular weight excluding hydrogens is 316 g/mol. The maximum atomic E-state index is 11.5. The Morgan fingerprint density at radius 1 is 1.29 bits per heavy atom. The van der Waals surface area contributed by atoms with E-state index in [0.29, 0.717) is 11.5 Å². The van der Waals surface area contributed by atoms with E-state index in [2.05, 4.69) is 0 Å². The molecule has 0 fully saturated rings. The SMILES string of the molecule is CCOC(=O)C(N)Cc1ccc(COc2ccccc2[N+](=O)[O-])o1. The Morgan fingerprint density at radius 2 is 2.00 bits per heavy atom. The number of rotatable bonds is 8. The van der Waals surface area contributed by atoms with Gasteiger partial charge in [0.25, 0.3) is 0 Å². The summed E-state index contributed by atoms with van der Waals surface area (Å²) in [5.74, 6) is 0.645. The van der Waals surface area contributed by atoms with Crippen molar-refractivity contribution >= 4 is 11.7 Å². The van der Waals surface area contributed by atoms with Crippen molar-refractivity contribution in [2.75, 3.05) is 6.61 Å². The highest BCUT2D eigenvalue weighted by atomic mass is 16.6. The number of esters is 1. The first-order chi connectivity index (χ1) is 11.5. The zero-order chi connectivity index (χ0) is 17.5. The molecule has 0 radical (unpaired) electrons. The van der Waals surface area contributed by atoms with Crippen LogP contribution in [0, 0.1) is 10.1 Å². The quantitative estimate of drug-likeness (QED) is 0.446. The Hall–Kier alpha value is -2.87. The molecule has 1 atom stereocenters. The highest BCUT2D eigenvalue weighted by molar-refractivity contribution is 5.75. The molecule has 8 heteroatoms. The second kappa shape index (κ2) is 8.11. The number of benzene rings is 1. The van der Waals surface area contributed by atoms with Crippen LogP contribution >= 0.6 is 0 Å². The van der Waals surface area contributed by atoms with Crippen LogP contribution in [0.1, 0.15) is 18.4 Å². The van der Waals surface area contributed by atoms with Gasteiger partial charge < -0.3 is 19.6 Å². The van der Waals surface area contributed by atoms with Gasteiger partial charge in [-0.1, -0.05) is 12.1 Å². The summed E-state index contributed by atoms with van der Waals surface area (Å²) in [6.07, 6.45) is 0.199. The van der Waals surface area contributed by atoms with Crippen LogP contribution in [0.2, 0.25) is 0 Å². The number of carbonyl (C=O) groups excluding carboxylic acids is 1. The first kappa shape index (κ1) is 17.5. The van der Waals surface area contributed by atoms with Crippen LogP contribution in [0.25, 0.3) is 0 Å². The summed E-state index contributed by atoms with van der Waals surface area (Å²) >= 11 is 0. The van der Waals surface area contributed by atoms with Gasteiger partial charge in [0.1, 0.15) is 24.2 Å². The molecule has 2 N–H and O–H groups in total. The highest BCUT2D eigenvalue weighted by Crippen LogP contribution is 2.26. The lowest BCUT2D eigenvalue weighted by Gasteiger charge is -2.08. The zero-order valence-electron chi connectivity index (χ0n) is 13.1. The van der Waals surface area contributed by atoms with Crippen LogP contribution in [0.5, 0.6) is 5.75 Å². The average Bonchev–Trinajstić information content (AvgIpc) is 3.00. The minimum atomic E-state index is -0.805. The number of nitro benzene ring substituents is 1. The van der Waals surface area contributed by atoms with Gasteiger partial charge in [0.05, 0.1) is 11.5 Å². The molecule has 1 aromatic carbocycles. The van der Waals surface area contributed by atoms with Gasteiger partial charge in [-0.25, -0.2) is 0 Å². The highest BCUT2D eigenvalue weighted by Gasteiger charge is 2.18. The fraction of sp³-hybridized carbons (Fsp3) is 0.312. The molecule has 1 unspecified atom stereocenters. The van der Waals surface area contributed by atoms with E-state index in [1.807, 2.05) is 0 Å². The molecule has 0 amide bonds. The van der Waals surface area contributed by atoms with Crippen LogP contribution in [0.15, 0.2) is 40.8 Å². The predicted molar refractivity (Wildman–Crippen MR) is 84.4 cm³/mol. The molecule has 8 nitrogen and oxygen atoms in total. The number of hydrogen-bond acceptors (Lipinski definition) is 7. The van der Waals surface area contributed by atoms with Gasteiger partial charge in [-0.15, -0.1) is 0 Å². The van der Waals surface area contributed by atoms with E-state index in [0.717, 1.165) is 0 Å². The molecule has 0 bridgehead atoms. The van der Waals surface area contributed by atoms with E-state index < -0.39 is 16.9 Å². The van der Waals surface area contributed by atoms with Crippen molar-refractivity contribution in [1.29, 1.82) is 0 Å². The van der Waals surface area contributed by atoms with Gasteiger partial charge in [0.15, 0.2) is 5.75 Å². The normalized spacial score (nSPS) is 11.8. The van der Waals surface area contributed by atoms with E-state index in [1.54, 1.807) is 31.2 Å². The number of nitro groups is 1. The largest absolute Gasteiger partial charge is 0.479 e. The van der Waals surface area contributed by atoms with Gasteiger partial charge in [-0.05, 0) is 25.1 Å². The first-order valence-corrected chi connectivity index (χ1v) is 7.37. The van der Waals surface area contributed by atoms with Crippen molar-refractivity contribution < 1.29 is 23.6 Å². The number of hydrogen-bond donors (Lipinski definition) is 1. The van der Waals surface area contributed by atoms with Crippen LogP contribution in [-0.4, -0.2) is 23.5 Å². The molecule has 0 saturated carbocycles. The second-order valence-corrected chi connectivity index (χ2v) is 4.94. The van der Waals surface area contributed by atoms with E-state index >= 15 is 0 Å². The minimum absolute atomic E-state index is 0.0273. The Bertz CT molecular complexity index is 712. The zero-order valence-corrected chi connectivity index (χ0v) is 13.1. The number of ether oxygens (including phenoxy) is 2. The lowest BCUT2D eigenvalue weighted by Crippen LogP contribution is -2.34. The van der Waals surface area contributed by atoms with Gasteiger partial charge in [-0.2, -0.15) is 0 Å². The number of nitrogens with zero attached hydrogens (tertiary/aromatic N) is 1. The number of furan rings is 1. The van der Waals surface area contributed by atoms with Gasteiger partial charge >= 0.3 is 11.7 Å². The summed E-state index contributed by atoms with van der Waals surface area (Å²) in [7, 11) is 0. The monoisotopic (exact) mass is 334 g/mol. The maximum absolute atomic E-state index is 11.5. The third kappa shape index (κ3) is 4.56. The molecule has 128 valence electrons. The number of carbonyl (C=O) groups is 1. The van der Waals surface area contributed by atoms with Crippen molar-refractivity contribution in [2.45, 2.75) is 26.0 Å². The lowest BCUT2D eigenvalue weighted by atomic mass is 10.2. The first-order valence-electron chi connectivity index (χ1n) is 7.37. The van der Waals surface area contributed by atoms with E-state index in [4.69, 9.17) is 19.6 Å². The smallest absolute Gasteiger partial charge is 0.323 e. The Balaban J connectivity index is 1.95. The van der Waals surface area contributed by atoms with Crippen molar-refractivity contribution in [3.63, 3.8) is 0 Å². The molecule has 1 aromatic heterocycles. The lowest BCUT2D eigenvalue weighted by molar-refractivity contribution is -0.386. The van der Waals surface area contributed by atoms with Crippen LogP contribution in [-0.2, 0) is 22.6 Å². The van der Waals surface area contributed by atoms with Crippen molar-refractivity contribution in [2.24, 2.45) is 5.73 Å². The van der Waals surface area contributed by atoms with Crippen LogP contribution < -0.4 is 10.5 Å². The van der Waals surface area contributed by atoms with Gasteiger partial charge in [0.2, 0.25) is 0 Å². The van der Waals surface area contributed by atoms with E-state index in [9.17, 15) is 14.9 Å². The molecule has 0 aliphatic carbocycles. The molecule has 0 saturated heterocycles. The minimum Gasteiger partial charge on any atom is -0.479 e. The molecule has 2 rings (SSSR count). The van der Waals surface area contributed by atoms with E-state index in [-0.39, 0.29) is 31.1 Å². The summed E-state index contributed by atoms with van der Waals surface area (Å²) in [5.41, 5.74) is 5.60. The van der Waals surface area contributed by atoms with Crippen LogP contribution in [0.3, 0.4) is 0 Å². The summed E-state index contributed by atoms with van der Waals surface area (Å²) in [5, 5.41) is 10.9. The molecule has 0 aliphatic rings. The Labute approximate surface area is 138 Å². The predicted octanol–water partition coefficient (Wildman–Crippen LogP) is 2.20. The average molecular weight is 334 g/mol. The molecule has 24 heavy (non-hydrogen) atoms. The third-order valence-corrected chi connectivity index (χ3v) is 3.16. The number of nitrogens with two attached hydrogens (primary N) is 1. The third-order valence-electron chi connectivity index (χ3n) is 3.16. The fourth-order valence-corrected chi connectivity index (χ4v) is 2.04. The standard InChI is InChI=1S/C16H18N2O6/c1-2-22-16(19)13(17)9-11-7-8-12(24-11)10-23-15-6-4-3-5-14(15)18(20)21/h3-8,13H,2,9-10,17H2,1H3. The van der Waals surface area contributed by atoms with Crippen LogP contribution in [0.4, 0.5) is 5.69 Å². The van der Waals surface area contributed by atoms with Gasteiger partial charge in [0, 0.05) is 12.5 Å². The molecular formula is C16H18N2O6. The van der Waals surface area contributed by atoms with E-state index in [1.165, 1.54) is 12.1 Å². The maximum Gasteiger partial charge on any atom is 0.323 e. The summed E-state index contributed by atoms with van der Waals surface area (Å²) in [6.45, 7) is 1.99. The van der Waals surface area contributed by atoms with Crippen molar-refractivity contribution in [3.8, 4) is 5.75 Å². The van der Waals surface area contributed by atoms with Crippen molar-refractivity contribution in [3.05, 3.63) is 58.0 Å².